The Morgan fingerprint density at radius 2 is 1.59 bits per heavy atom. The highest BCUT2D eigenvalue weighted by Crippen LogP contribution is 2.35. The number of nitrogens with zero attached hydrogens (tertiary/aromatic N) is 6. The van der Waals surface area contributed by atoms with Gasteiger partial charge in [-0.1, -0.05) is 54.6 Å². The minimum absolute atomic E-state index is 0.0265. The molecule has 1 aliphatic carbocycles. The van der Waals surface area contributed by atoms with Crippen LogP contribution in [-0.4, -0.2) is 56.7 Å². The molecule has 37 heavy (non-hydrogen) atoms. The van der Waals surface area contributed by atoms with E-state index in [0.29, 0.717) is 47.7 Å². The van der Waals surface area contributed by atoms with E-state index in [9.17, 15) is 4.79 Å². The minimum atomic E-state index is 0.0265. The van der Waals surface area contributed by atoms with Crippen LogP contribution in [0.25, 0.3) is 16.7 Å². The third-order valence-electron chi connectivity index (χ3n) is 7.43. The van der Waals surface area contributed by atoms with E-state index in [0.717, 1.165) is 41.2 Å². The van der Waals surface area contributed by atoms with Crippen LogP contribution in [0.5, 0.6) is 0 Å². The van der Waals surface area contributed by atoms with Crippen LogP contribution in [0, 0.1) is 0 Å². The molecular weight excluding hydrogens is 507 g/mol. The van der Waals surface area contributed by atoms with Gasteiger partial charge in [-0.3, -0.25) is 4.79 Å². The molecule has 2 aromatic heterocycles. The van der Waals surface area contributed by atoms with Crippen molar-refractivity contribution >= 4 is 46.0 Å². The van der Waals surface area contributed by atoms with Crippen molar-refractivity contribution < 1.29 is 4.79 Å². The second-order valence-corrected chi connectivity index (χ2v) is 10.6. The lowest BCUT2D eigenvalue weighted by Crippen LogP contribution is -2.49. The smallest absolute Gasteiger partial charge is 0.253 e. The van der Waals surface area contributed by atoms with Crippen LogP contribution in [0.3, 0.4) is 0 Å². The Balaban J connectivity index is 1.33. The zero-order valence-corrected chi connectivity index (χ0v) is 22.0. The Labute approximate surface area is 226 Å². The minimum Gasteiger partial charge on any atom is -0.352 e. The molecule has 1 saturated carbocycles. The molecule has 1 amide bonds. The van der Waals surface area contributed by atoms with Crippen LogP contribution < -0.4 is 4.90 Å². The van der Waals surface area contributed by atoms with E-state index in [1.807, 2.05) is 40.0 Å². The Kier molecular flexibility index (Phi) is 6.74. The van der Waals surface area contributed by atoms with Crippen LogP contribution in [0.1, 0.15) is 54.2 Å². The summed E-state index contributed by atoms with van der Waals surface area (Å²) in [6, 6.07) is 14.8. The maximum absolute atomic E-state index is 13.0. The van der Waals surface area contributed by atoms with Gasteiger partial charge in [0, 0.05) is 42.7 Å². The Bertz CT molecular complexity index is 1420. The number of hydrogen-bond acceptors (Lipinski definition) is 5. The van der Waals surface area contributed by atoms with Gasteiger partial charge in [0.15, 0.2) is 5.65 Å². The lowest BCUT2D eigenvalue weighted by atomic mass is 9.88. The van der Waals surface area contributed by atoms with Gasteiger partial charge in [-0.2, -0.15) is 5.10 Å². The number of halogens is 2. The van der Waals surface area contributed by atoms with E-state index in [2.05, 4.69) is 10.00 Å². The number of carbonyl (C=O) groups is 1. The fraction of sp³-hybridized carbons (Fsp3) is 0.357. The predicted molar refractivity (Wildman–Crippen MR) is 147 cm³/mol. The maximum Gasteiger partial charge on any atom is 0.253 e. The van der Waals surface area contributed by atoms with Gasteiger partial charge in [0.1, 0.15) is 11.6 Å². The number of hydrogen-bond donors (Lipinski definition) is 0. The summed E-state index contributed by atoms with van der Waals surface area (Å²) in [6.45, 7) is 2.61. The average Bonchev–Trinajstić information content (AvgIpc) is 3.37. The standard InChI is InChI=1S/C28H28Cl2N6O/c29-21-12-10-20(11-13-21)28(37)35-16-14-34(15-17-35)26-22-18-31-36(24-9-5-4-8-23(24)30)27(22)33-25(32-26)19-6-2-1-3-7-19/h4-5,8-13,18-19H,1-3,6-7,14-17H2. The van der Waals surface area contributed by atoms with Crippen LogP contribution >= 0.6 is 23.2 Å². The molecule has 0 radical (unpaired) electrons. The first-order valence-electron chi connectivity index (χ1n) is 12.9. The molecule has 190 valence electrons. The Hall–Kier alpha value is -3.16. The first-order chi connectivity index (χ1) is 18.1. The molecule has 0 spiro atoms. The van der Waals surface area contributed by atoms with Gasteiger partial charge in [-0.25, -0.2) is 14.6 Å². The van der Waals surface area contributed by atoms with Crippen molar-refractivity contribution in [3.05, 3.63) is 76.2 Å². The molecule has 6 rings (SSSR count). The van der Waals surface area contributed by atoms with Crippen molar-refractivity contribution in [2.45, 2.75) is 38.0 Å². The Morgan fingerprint density at radius 1 is 0.865 bits per heavy atom. The van der Waals surface area contributed by atoms with Gasteiger partial charge in [0.25, 0.3) is 5.91 Å². The third kappa shape index (κ3) is 4.78. The van der Waals surface area contributed by atoms with E-state index in [-0.39, 0.29) is 5.91 Å². The normalized spacial score (nSPS) is 16.9. The average molecular weight is 535 g/mol. The summed E-state index contributed by atoms with van der Waals surface area (Å²) in [4.78, 5) is 27.4. The molecule has 2 fully saturated rings. The molecule has 0 N–H and O–H groups in total. The number of para-hydroxylation sites is 1. The highest BCUT2D eigenvalue weighted by atomic mass is 35.5. The number of aromatic nitrogens is 4. The number of rotatable bonds is 4. The highest BCUT2D eigenvalue weighted by Gasteiger charge is 2.28. The zero-order chi connectivity index (χ0) is 25.4. The van der Waals surface area contributed by atoms with Crippen LogP contribution in [0.2, 0.25) is 10.0 Å². The van der Waals surface area contributed by atoms with E-state index < -0.39 is 0 Å². The lowest BCUT2D eigenvalue weighted by Gasteiger charge is -2.36. The summed E-state index contributed by atoms with van der Waals surface area (Å²) in [5, 5.41) is 6.84. The van der Waals surface area contributed by atoms with Crippen molar-refractivity contribution in [1.29, 1.82) is 0 Å². The highest BCUT2D eigenvalue weighted by molar-refractivity contribution is 6.32. The SMILES string of the molecule is O=C(c1ccc(Cl)cc1)N1CCN(c2nc(C3CCCCC3)nc3c2cnn3-c2ccccc2Cl)CC1. The molecule has 1 saturated heterocycles. The number of amides is 1. The van der Waals surface area contributed by atoms with Crippen LogP contribution in [-0.2, 0) is 0 Å². The fourth-order valence-electron chi connectivity index (χ4n) is 5.39. The molecule has 2 aliphatic rings. The molecule has 9 heteroatoms. The first kappa shape index (κ1) is 24.2. The molecule has 4 aromatic rings. The summed E-state index contributed by atoms with van der Waals surface area (Å²) in [5.74, 6) is 2.15. The maximum atomic E-state index is 13.0. The van der Waals surface area contributed by atoms with Crippen molar-refractivity contribution in [3.8, 4) is 5.69 Å². The van der Waals surface area contributed by atoms with Crippen LogP contribution in [0.4, 0.5) is 5.82 Å². The molecule has 3 heterocycles. The monoisotopic (exact) mass is 534 g/mol. The summed E-state index contributed by atoms with van der Waals surface area (Å²) in [5.41, 5.74) is 2.23. The summed E-state index contributed by atoms with van der Waals surface area (Å²) in [7, 11) is 0. The van der Waals surface area contributed by atoms with Gasteiger partial charge in [0.2, 0.25) is 0 Å². The van der Waals surface area contributed by atoms with Gasteiger partial charge >= 0.3 is 0 Å². The molecule has 1 aliphatic heterocycles. The number of fused-ring (bicyclic) bond motifs is 1. The van der Waals surface area contributed by atoms with E-state index >= 15 is 0 Å². The number of carbonyl (C=O) groups excluding carboxylic acids is 1. The number of anilines is 1. The summed E-state index contributed by atoms with van der Waals surface area (Å²) in [6.07, 6.45) is 7.73. The first-order valence-corrected chi connectivity index (χ1v) is 13.6. The van der Waals surface area contributed by atoms with E-state index in [1.165, 1.54) is 19.3 Å². The van der Waals surface area contributed by atoms with E-state index in [1.54, 1.807) is 24.3 Å². The van der Waals surface area contributed by atoms with Crippen molar-refractivity contribution in [3.63, 3.8) is 0 Å². The number of piperazine rings is 1. The second kappa shape index (κ2) is 10.3. The lowest BCUT2D eigenvalue weighted by molar-refractivity contribution is 0.0746. The molecule has 0 unspecified atom stereocenters. The molecule has 0 bridgehead atoms. The second-order valence-electron chi connectivity index (χ2n) is 9.77. The fourth-order valence-corrected chi connectivity index (χ4v) is 5.73. The molecule has 0 atom stereocenters. The van der Waals surface area contributed by atoms with E-state index in [4.69, 9.17) is 33.2 Å². The Morgan fingerprint density at radius 3 is 2.32 bits per heavy atom. The molecule has 7 nitrogen and oxygen atoms in total. The van der Waals surface area contributed by atoms with Crippen molar-refractivity contribution in [1.82, 2.24) is 24.6 Å². The third-order valence-corrected chi connectivity index (χ3v) is 8.01. The predicted octanol–water partition coefficient (Wildman–Crippen LogP) is 6.13. The van der Waals surface area contributed by atoms with Gasteiger partial charge in [-0.15, -0.1) is 0 Å². The van der Waals surface area contributed by atoms with Crippen LogP contribution in [0.15, 0.2) is 54.7 Å². The largest absolute Gasteiger partial charge is 0.352 e. The summed E-state index contributed by atoms with van der Waals surface area (Å²) >= 11 is 12.5. The van der Waals surface area contributed by atoms with Gasteiger partial charge in [-0.05, 0) is 49.2 Å². The number of benzene rings is 2. The topological polar surface area (TPSA) is 67.2 Å². The summed E-state index contributed by atoms with van der Waals surface area (Å²) < 4.78 is 1.83. The molecular formula is C28H28Cl2N6O. The molecule has 2 aromatic carbocycles. The van der Waals surface area contributed by atoms with Gasteiger partial charge < -0.3 is 9.80 Å². The van der Waals surface area contributed by atoms with Crippen molar-refractivity contribution in [2.75, 3.05) is 31.1 Å². The van der Waals surface area contributed by atoms with Crippen molar-refractivity contribution in [2.24, 2.45) is 0 Å². The van der Waals surface area contributed by atoms with Gasteiger partial charge in [0.05, 0.1) is 22.3 Å². The zero-order valence-electron chi connectivity index (χ0n) is 20.5. The quantitative estimate of drug-likeness (QED) is 0.315.